The number of benzene rings is 1. The maximum absolute atomic E-state index is 13.6. The largest absolute Gasteiger partial charge is 0.496 e. The maximum Gasteiger partial charge on any atom is 0.410 e. The molecular formula is C29H41N3O8. The van der Waals surface area contributed by atoms with Crippen LogP contribution >= 0.6 is 0 Å². The van der Waals surface area contributed by atoms with E-state index >= 15 is 0 Å². The second-order valence-corrected chi connectivity index (χ2v) is 12.8. The monoisotopic (exact) mass is 559 g/mol. The number of amides is 3. The molecule has 3 aliphatic heterocycles. The van der Waals surface area contributed by atoms with Crippen LogP contribution in [0, 0.1) is 0 Å². The molecule has 40 heavy (non-hydrogen) atoms. The zero-order chi connectivity index (χ0) is 29.6. The summed E-state index contributed by atoms with van der Waals surface area (Å²) in [7, 11) is 1.50. The molecule has 1 spiro atoms. The fraction of sp³-hybridized carbons (Fsp3) is 0.655. The number of rotatable bonds is 6. The first-order chi connectivity index (χ1) is 18.5. The molecule has 11 heteroatoms. The molecule has 0 bridgehead atoms. The highest BCUT2D eigenvalue weighted by atomic mass is 16.6. The van der Waals surface area contributed by atoms with Crippen molar-refractivity contribution >= 4 is 23.9 Å². The molecule has 1 unspecified atom stereocenters. The molecule has 3 amide bonds. The van der Waals surface area contributed by atoms with Gasteiger partial charge in [-0.1, -0.05) is 0 Å². The Morgan fingerprint density at radius 2 is 1.70 bits per heavy atom. The van der Waals surface area contributed by atoms with Crippen LogP contribution in [-0.4, -0.2) is 77.7 Å². The highest BCUT2D eigenvalue weighted by Crippen LogP contribution is 2.52. The van der Waals surface area contributed by atoms with Crippen molar-refractivity contribution in [1.29, 1.82) is 0 Å². The van der Waals surface area contributed by atoms with Crippen LogP contribution in [0.3, 0.4) is 0 Å². The molecule has 1 aromatic rings. The van der Waals surface area contributed by atoms with Crippen LogP contribution in [0.4, 0.5) is 4.79 Å². The topological polar surface area (TPSA) is 138 Å². The van der Waals surface area contributed by atoms with Crippen molar-refractivity contribution in [2.24, 2.45) is 5.73 Å². The zero-order valence-corrected chi connectivity index (χ0v) is 24.5. The zero-order valence-electron chi connectivity index (χ0n) is 24.5. The highest BCUT2D eigenvalue weighted by Gasteiger charge is 2.49. The lowest BCUT2D eigenvalue weighted by molar-refractivity contribution is -0.155. The number of carbonyl (C=O) groups is 4. The number of likely N-dealkylation sites (tertiary alicyclic amines) is 1. The molecule has 1 saturated heterocycles. The summed E-state index contributed by atoms with van der Waals surface area (Å²) in [6.45, 7) is 12.4. The lowest BCUT2D eigenvalue weighted by atomic mass is 9.73. The summed E-state index contributed by atoms with van der Waals surface area (Å²) in [5, 5.41) is 0. The summed E-state index contributed by atoms with van der Waals surface area (Å²) in [5.41, 5.74) is 6.06. The predicted octanol–water partition coefficient (Wildman–Crippen LogP) is 3.29. The summed E-state index contributed by atoms with van der Waals surface area (Å²) in [4.78, 5) is 54.1. The van der Waals surface area contributed by atoms with Gasteiger partial charge in [0.05, 0.1) is 25.8 Å². The molecule has 2 N–H and O–H groups in total. The molecule has 0 saturated carbocycles. The molecule has 3 aliphatic rings. The molecule has 4 rings (SSSR count). The molecule has 3 heterocycles. The molecular weight excluding hydrogens is 518 g/mol. The molecule has 1 fully saturated rings. The number of piperidine rings is 1. The molecule has 0 radical (unpaired) electrons. The quantitative estimate of drug-likeness (QED) is 0.524. The fourth-order valence-corrected chi connectivity index (χ4v) is 5.68. The van der Waals surface area contributed by atoms with E-state index in [2.05, 4.69) is 0 Å². The van der Waals surface area contributed by atoms with Crippen LogP contribution in [0.25, 0.3) is 0 Å². The van der Waals surface area contributed by atoms with E-state index in [1.807, 2.05) is 26.8 Å². The summed E-state index contributed by atoms with van der Waals surface area (Å²) in [5.74, 6) is -0.549. The normalized spacial score (nSPS) is 18.6. The first kappa shape index (κ1) is 29.5. The first-order valence-electron chi connectivity index (χ1n) is 13.7. The average Bonchev–Trinajstić information content (AvgIpc) is 3.35. The standard InChI is InChI=1S/C29H41N3O8/c1-27(2,3)39-21(33)9-8-19(24(30)34)32-15-17-22(25(32)35)20(37-7)14-18-23(17)38-16-29(18)10-12-31(13-11-29)26(36)40-28(4,5)6/h14,19H,8-13,15-16H2,1-7H3,(H2,30,34). The first-order valence-corrected chi connectivity index (χ1v) is 13.7. The fourth-order valence-electron chi connectivity index (χ4n) is 5.68. The third-order valence-electron chi connectivity index (χ3n) is 7.55. The van der Waals surface area contributed by atoms with Gasteiger partial charge in [0.2, 0.25) is 5.91 Å². The number of nitrogens with zero attached hydrogens (tertiary/aromatic N) is 2. The maximum atomic E-state index is 13.6. The number of hydrogen-bond donors (Lipinski definition) is 1. The van der Waals surface area contributed by atoms with E-state index in [1.54, 1.807) is 25.7 Å². The molecule has 1 atom stereocenters. The minimum Gasteiger partial charge on any atom is -0.496 e. The highest BCUT2D eigenvalue weighted by molar-refractivity contribution is 6.04. The Morgan fingerprint density at radius 1 is 1.07 bits per heavy atom. The van der Waals surface area contributed by atoms with Crippen molar-refractivity contribution in [3.63, 3.8) is 0 Å². The van der Waals surface area contributed by atoms with Gasteiger partial charge in [0.25, 0.3) is 5.91 Å². The number of methoxy groups -OCH3 is 1. The predicted molar refractivity (Wildman–Crippen MR) is 145 cm³/mol. The van der Waals surface area contributed by atoms with E-state index in [4.69, 9.17) is 24.7 Å². The van der Waals surface area contributed by atoms with Crippen LogP contribution in [0.2, 0.25) is 0 Å². The van der Waals surface area contributed by atoms with Crippen LogP contribution in [0.15, 0.2) is 6.07 Å². The van der Waals surface area contributed by atoms with E-state index in [-0.39, 0.29) is 30.9 Å². The van der Waals surface area contributed by atoms with E-state index in [1.165, 1.54) is 12.0 Å². The Hall–Kier alpha value is -3.50. The van der Waals surface area contributed by atoms with Crippen molar-refractivity contribution in [1.82, 2.24) is 9.80 Å². The lowest BCUT2D eigenvalue weighted by Crippen LogP contribution is -2.47. The van der Waals surface area contributed by atoms with E-state index in [0.717, 1.165) is 5.56 Å². The van der Waals surface area contributed by atoms with Gasteiger partial charge in [-0.15, -0.1) is 0 Å². The molecule has 0 aromatic heterocycles. The Morgan fingerprint density at radius 3 is 2.25 bits per heavy atom. The number of primary amides is 1. The molecule has 11 nitrogen and oxygen atoms in total. The summed E-state index contributed by atoms with van der Waals surface area (Å²) in [6, 6.07) is 0.853. The van der Waals surface area contributed by atoms with E-state index in [0.29, 0.717) is 55.2 Å². The van der Waals surface area contributed by atoms with Gasteiger partial charge in [0, 0.05) is 36.1 Å². The summed E-state index contributed by atoms with van der Waals surface area (Å²) < 4.78 is 22.8. The van der Waals surface area contributed by atoms with Gasteiger partial charge in [0.1, 0.15) is 28.7 Å². The minimum atomic E-state index is -1.000. The van der Waals surface area contributed by atoms with Gasteiger partial charge in [0.15, 0.2) is 0 Å². The number of carbonyl (C=O) groups excluding carboxylic acids is 4. The SMILES string of the molecule is COc1cc2c(c3c1C(=O)N(C(CCC(=O)OC(C)(C)C)C(N)=O)C3)OCC21CCN(C(=O)OC(C)(C)C)CC1. The molecule has 220 valence electrons. The lowest BCUT2D eigenvalue weighted by Gasteiger charge is -2.39. The van der Waals surface area contributed by atoms with E-state index < -0.39 is 35.0 Å². The number of hydrogen-bond acceptors (Lipinski definition) is 8. The second kappa shape index (κ2) is 10.5. The van der Waals surface area contributed by atoms with Crippen LogP contribution < -0.4 is 15.2 Å². The number of esters is 1. The van der Waals surface area contributed by atoms with Gasteiger partial charge >= 0.3 is 12.1 Å². The smallest absolute Gasteiger partial charge is 0.410 e. The summed E-state index contributed by atoms with van der Waals surface area (Å²) in [6.07, 6.45) is 0.976. The average molecular weight is 560 g/mol. The molecule has 0 aliphatic carbocycles. The summed E-state index contributed by atoms with van der Waals surface area (Å²) >= 11 is 0. The van der Waals surface area contributed by atoms with Crippen molar-refractivity contribution in [2.45, 2.75) is 96.4 Å². The number of fused-ring (bicyclic) bond motifs is 4. The van der Waals surface area contributed by atoms with Gasteiger partial charge in [-0.05, 0) is 66.9 Å². The van der Waals surface area contributed by atoms with Gasteiger partial charge in [-0.25, -0.2) is 4.79 Å². The Labute approximate surface area is 235 Å². The van der Waals surface area contributed by atoms with Gasteiger partial charge in [-0.3, -0.25) is 14.4 Å². The number of nitrogens with two attached hydrogens (primary N) is 1. The van der Waals surface area contributed by atoms with Crippen molar-refractivity contribution in [3.05, 3.63) is 22.8 Å². The Balaban J connectivity index is 1.56. The van der Waals surface area contributed by atoms with Crippen molar-refractivity contribution < 1.29 is 38.1 Å². The molecule has 1 aromatic carbocycles. The minimum absolute atomic E-state index is 0.0414. The Bertz CT molecular complexity index is 1210. The number of ether oxygens (including phenoxy) is 4. The second-order valence-electron chi connectivity index (χ2n) is 12.8. The van der Waals surface area contributed by atoms with Crippen LogP contribution in [0.1, 0.15) is 88.7 Å². The van der Waals surface area contributed by atoms with E-state index in [9.17, 15) is 19.2 Å². The van der Waals surface area contributed by atoms with Crippen molar-refractivity contribution in [3.8, 4) is 11.5 Å². The van der Waals surface area contributed by atoms with Gasteiger partial charge in [-0.2, -0.15) is 0 Å². The third-order valence-corrected chi connectivity index (χ3v) is 7.55. The van der Waals surface area contributed by atoms with Crippen molar-refractivity contribution in [2.75, 3.05) is 26.8 Å². The third kappa shape index (κ3) is 5.83. The van der Waals surface area contributed by atoms with Crippen LogP contribution in [-0.2, 0) is 31.0 Å². The Kier molecular flexibility index (Phi) is 7.72. The van der Waals surface area contributed by atoms with Crippen LogP contribution in [0.5, 0.6) is 11.5 Å². The van der Waals surface area contributed by atoms with Gasteiger partial charge < -0.3 is 34.5 Å².